The first-order chi connectivity index (χ1) is 8.66. The van der Waals surface area contributed by atoms with Gasteiger partial charge in [0, 0.05) is 24.5 Å². The van der Waals surface area contributed by atoms with Crippen LogP contribution in [0.15, 0.2) is 36.7 Å². The Kier molecular flexibility index (Phi) is 3.82. The van der Waals surface area contributed by atoms with Crippen LogP contribution >= 0.6 is 0 Å². The van der Waals surface area contributed by atoms with Crippen LogP contribution in [0, 0.1) is 13.8 Å². The second-order valence-corrected chi connectivity index (χ2v) is 4.44. The van der Waals surface area contributed by atoms with Crippen LogP contribution in [-0.4, -0.2) is 11.6 Å². The number of aryl methyl sites for hydroxylation is 2. The Morgan fingerprint density at radius 2 is 1.72 bits per heavy atom. The number of nitrogens with two attached hydrogens (primary N) is 1. The van der Waals surface area contributed by atoms with Crippen LogP contribution in [0.4, 0.5) is 5.69 Å². The summed E-state index contributed by atoms with van der Waals surface area (Å²) in [6.07, 6.45) is 4.48. The number of hydrogen-bond acceptors (Lipinski definition) is 3. The summed E-state index contributed by atoms with van der Waals surface area (Å²) in [5, 5.41) is 0. The molecule has 0 aliphatic carbocycles. The van der Waals surface area contributed by atoms with Crippen molar-refractivity contribution in [3.63, 3.8) is 0 Å². The Morgan fingerprint density at radius 3 is 2.33 bits per heavy atom. The van der Waals surface area contributed by atoms with Gasteiger partial charge < -0.3 is 10.5 Å². The Bertz CT molecular complexity index is 500. The van der Waals surface area contributed by atoms with Crippen molar-refractivity contribution in [1.29, 1.82) is 0 Å². The summed E-state index contributed by atoms with van der Waals surface area (Å²) in [7, 11) is 0. The van der Waals surface area contributed by atoms with Crippen LogP contribution in [0.3, 0.4) is 0 Å². The number of hydrogen-bond donors (Lipinski definition) is 1. The Morgan fingerprint density at radius 1 is 1.11 bits per heavy atom. The number of benzene rings is 1. The summed E-state index contributed by atoms with van der Waals surface area (Å²) >= 11 is 0. The van der Waals surface area contributed by atoms with Crippen LogP contribution in [-0.2, 0) is 6.42 Å². The fraction of sp³-hybridized carbons (Fsp3) is 0.267. The molecule has 0 amide bonds. The number of nitrogens with zero attached hydrogens (tertiary/aromatic N) is 1. The van der Waals surface area contributed by atoms with Crippen molar-refractivity contribution in [2.24, 2.45) is 0 Å². The van der Waals surface area contributed by atoms with Crippen molar-refractivity contribution in [3.05, 3.63) is 53.3 Å². The van der Waals surface area contributed by atoms with Crippen molar-refractivity contribution < 1.29 is 4.74 Å². The lowest BCUT2D eigenvalue weighted by Crippen LogP contribution is -2.04. The molecule has 0 saturated heterocycles. The van der Waals surface area contributed by atoms with Crippen molar-refractivity contribution in [3.8, 4) is 5.75 Å². The Labute approximate surface area is 108 Å². The molecule has 0 bridgehead atoms. The van der Waals surface area contributed by atoms with E-state index in [-0.39, 0.29) is 0 Å². The first-order valence-corrected chi connectivity index (χ1v) is 6.05. The zero-order valence-electron chi connectivity index (χ0n) is 10.8. The first kappa shape index (κ1) is 12.4. The lowest BCUT2D eigenvalue weighted by Gasteiger charge is -2.13. The maximum absolute atomic E-state index is 5.85. The third-order valence-electron chi connectivity index (χ3n) is 2.87. The van der Waals surface area contributed by atoms with Gasteiger partial charge in [0.05, 0.1) is 6.61 Å². The topological polar surface area (TPSA) is 48.1 Å². The van der Waals surface area contributed by atoms with Gasteiger partial charge in [0.15, 0.2) is 0 Å². The minimum Gasteiger partial charge on any atom is -0.493 e. The van der Waals surface area contributed by atoms with Gasteiger partial charge in [-0.1, -0.05) is 0 Å². The number of aromatic nitrogens is 1. The highest BCUT2D eigenvalue weighted by Crippen LogP contribution is 2.25. The number of nitrogen functional groups attached to an aromatic ring is 1. The average Bonchev–Trinajstić information content (AvgIpc) is 2.34. The largest absolute Gasteiger partial charge is 0.493 e. The van der Waals surface area contributed by atoms with Gasteiger partial charge in [0.1, 0.15) is 5.75 Å². The minimum absolute atomic E-state index is 0.662. The zero-order valence-corrected chi connectivity index (χ0v) is 10.8. The quantitative estimate of drug-likeness (QED) is 0.839. The number of pyridine rings is 1. The van der Waals surface area contributed by atoms with E-state index in [1.807, 2.05) is 38.1 Å². The minimum atomic E-state index is 0.662. The highest BCUT2D eigenvalue weighted by molar-refractivity contribution is 5.52. The highest BCUT2D eigenvalue weighted by atomic mass is 16.5. The summed E-state index contributed by atoms with van der Waals surface area (Å²) in [4.78, 5) is 3.99. The van der Waals surface area contributed by atoms with Crippen LogP contribution < -0.4 is 10.5 Å². The predicted octanol–water partition coefficient (Wildman–Crippen LogP) is 2.90. The second-order valence-electron chi connectivity index (χ2n) is 4.44. The molecular formula is C15H18N2O. The highest BCUT2D eigenvalue weighted by Gasteiger charge is 2.05. The normalized spacial score (nSPS) is 10.3. The molecule has 3 heteroatoms. The third kappa shape index (κ3) is 3.00. The second kappa shape index (κ2) is 5.54. The van der Waals surface area contributed by atoms with E-state index in [4.69, 9.17) is 10.5 Å². The molecule has 2 rings (SSSR count). The molecule has 1 heterocycles. The molecule has 0 atom stereocenters. The molecule has 0 spiro atoms. The molecule has 0 aliphatic rings. The maximum atomic E-state index is 5.85. The smallest absolute Gasteiger partial charge is 0.125 e. The van der Waals surface area contributed by atoms with E-state index in [1.54, 1.807) is 12.4 Å². The van der Waals surface area contributed by atoms with E-state index in [9.17, 15) is 0 Å². The maximum Gasteiger partial charge on any atom is 0.125 e. The molecule has 0 radical (unpaired) electrons. The standard InChI is InChI=1S/C15H18N2O/c1-11-9-14(16)10-12(2)15(11)18-8-5-13-3-6-17-7-4-13/h3-4,6-7,9-10H,5,8,16H2,1-2H3. The summed E-state index contributed by atoms with van der Waals surface area (Å²) in [5.74, 6) is 0.943. The fourth-order valence-corrected chi connectivity index (χ4v) is 2.03. The summed E-state index contributed by atoms with van der Waals surface area (Å²) in [6.45, 7) is 4.70. The Balaban J connectivity index is 1.99. The van der Waals surface area contributed by atoms with Crippen molar-refractivity contribution in [1.82, 2.24) is 4.98 Å². The van der Waals surface area contributed by atoms with E-state index in [0.29, 0.717) is 6.61 Å². The molecule has 1 aromatic carbocycles. The van der Waals surface area contributed by atoms with E-state index in [1.165, 1.54) is 5.56 Å². The van der Waals surface area contributed by atoms with Gasteiger partial charge in [-0.25, -0.2) is 0 Å². The first-order valence-electron chi connectivity index (χ1n) is 6.05. The van der Waals surface area contributed by atoms with Crippen LogP contribution in [0.2, 0.25) is 0 Å². The average molecular weight is 242 g/mol. The molecule has 0 saturated carbocycles. The number of ether oxygens (including phenoxy) is 1. The van der Waals surface area contributed by atoms with Crippen LogP contribution in [0.25, 0.3) is 0 Å². The van der Waals surface area contributed by atoms with E-state index in [0.717, 1.165) is 29.0 Å². The third-order valence-corrected chi connectivity index (χ3v) is 2.87. The van der Waals surface area contributed by atoms with Gasteiger partial charge in [-0.2, -0.15) is 0 Å². The molecule has 0 aliphatic heterocycles. The summed E-state index contributed by atoms with van der Waals surface area (Å²) < 4.78 is 5.85. The zero-order chi connectivity index (χ0) is 13.0. The summed E-state index contributed by atoms with van der Waals surface area (Å²) in [6, 6.07) is 7.89. The number of rotatable bonds is 4. The molecule has 0 fully saturated rings. The van der Waals surface area contributed by atoms with E-state index < -0.39 is 0 Å². The predicted molar refractivity (Wildman–Crippen MR) is 73.8 cm³/mol. The molecule has 2 aromatic rings. The Hall–Kier alpha value is -2.03. The lowest BCUT2D eigenvalue weighted by molar-refractivity contribution is 0.317. The monoisotopic (exact) mass is 242 g/mol. The molecule has 3 nitrogen and oxygen atoms in total. The SMILES string of the molecule is Cc1cc(N)cc(C)c1OCCc1ccncc1. The molecule has 94 valence electrons. The number of anilines is 1. The van der Waals surface area contributed by atoms with Gasteiger partial charge in [-0.3, -0.25) is 4.98 Å². The van der Waals surface area contributed by atoms with Gasteiger partial charge in [0.25, 0.3) is 0 Å². The fourth-order valence-electron chi connectivity index (χ4n) is 2.03. The van der Waals surface area contributed by atoms with Crippen molar-refractivity contribution in [2.75, 3.05) is 12.3 Å². The lowest BCUT2D eigenvalue weighted by atomic mass is 10.1. The van der Waals surface area contributed by atoms with Crippen LogP contribution in [0.1, 0.15) is 16.7 Å². The molecule has 18 heavy (non-hydrogen) atoms. The van der Waals surface area contributed by atoms with Crippen molar-refractivity contribution >= 4 is 5.69 Å². The van der Waals surface area contributed by atoms with E-state index in [2.05, 4.69) is 4.98 Å². The van der Waals surface area contributed by atoms with Crippen LogP contribution in [0.5, 0.6) is 5.75 Å². The van der Waals surface area contributed by atoms with Gasteiger partial charge in [0.2, 0.25) is 0 Å². The molecule has 1 aromatic heterocycles. The van der Waals surface area contributed by atoms with Gasteiger partial charge in [-0.15, -0.1) is 0 Å². The molecular weight excluding hydrogens is 224 g/mol. The van der Waals surface area contributed by atoms with E-state index >= 15 is 0 Å². The molecule has 2 N–H and O–H groups in total. The van der Waals surface area contributed by atoms with Gasteiger partial charge in [-0.05, 0) is 54.8 Å². The molecule has 0 unspecified atom stereocenters. The van der Waals surface area contributed by atoms with Gasteiger partial charge >= 0.3 is 0 Å². The summed E-state index contributed by atoms with van der Waals surface area (Å²) in [5.41, 5.74) is 9.97. The van der Waals surface area contributed by atoms with Crippen molar-refractivity contribution in [2.45, 2.75) is 20.3 Å².